The van der Waals surface area contributed by atoms with Crippen molar-refractivity contribution in [2.24, 2.45) is 0 Å². The van der Waals surface area contributed by atoms with Gasteiger partial charge in [-0.2, -0.15) is 0 Å². The molecule has 4 heteroatoms. The van der Waals surface area contributed by atoms with Crippen molar-refractivity contribution in [3.05, 3.63) is 34.3 Å². The highest BCUT2D eigenvalue weighted by Crippen LogP contribution is 2.27. The van der Waals surface area contributed by atoms with Crippen LogP contribution in [-0.4, -0.2) is 29.1 Å². The average molecular weight is 342 g/mol. The summed E-state index contributed by atoms with van der Waals surface area (Å²) < 4.78 is 1.14. The first kappa shape index (κ1) is 17.2. The molecule has 1 atom stereocenters. The maximum atomic E-state index is 10.5. The maximum Gasteiger partial charge on any atom is 0.303 e. The molecule has 0 spiro atoms. The van der Waals surface area contributed by atoms with Gasteiger partial charge in [-0.15, -0.1) is 0 Å². The fraction of sp³-hybridized carbons (Fsp3) is 0.562. The van der Waals surface area contributed by atoms with E-state index in [0.717, 1.165) is 36.8 Å². The topological polar surface area (TPSA) is 40.5 Å². The van der Waals surface area contributed by atoms with Crippen LogP contribution in [0.25, 0.3) is 0 Å². The second kappa shape index (κ2) is 9.14. The highest BCUT2D eigenvalue weighted by molar-refractivity contribution is 9.10. The molecule has 0 aliphatic heterocycles. The van der Waals surface area contributed by atoms with Crippen LogP contribution >= 0.6 is 15.9 Å². The second-order valence-corrected chi connectivity index (χ2v) is 5.94. The predicted octanol–water partition coefficient (Wildman–Crippen LogP) is 4.48. The first-order valence-electron chi connectivity index (χ1n) is 7.26. The maximum absolute atomic E-state index is 10.5. The number of halogens is 1. The molecule has 0 saturated heterocycles. The Kier molecular flexibility index (Phi) is 7.85. The molecule has 0 radical (unpaired) electrons. The lowest BCUT2D eigenvalue weighted by atomic mass is 10.1. The molecule has 1 aromatic carbocycles. The number of benzene rings is 1. The Morgan fingerprint density at radius 3 is 2.60 bits per heavy atom. The lowest BCUT2D eigenvalue weighted by Gasteiger charge is -2.29. The lowest BCUT2D eigenvalue weighted by molar-refractivity contribution is -0.137. The van der Waals surface area contributed by atoms with E-state index in [4.69, 9.17) is 5.11 Å². The summed E-state index contributed by atoms with van der Waals surface area (Å²) in [4.78, 5) is 13.0. The molecule has 0 aliphatic carbocycles. The highest BCUT2D eigenvalue weighted by Gasteiger charge is 2.16. The van der Waals surface area contributed by atoms with Crippen LogP contribution in [0.5, 0.6) is 0 Å². The van der Waals surface area contributed by atoms with Gasteiger partial charge in [0.25, 0.3) is 0 Å². The zero-order valence-electron chi connectivity index (χ0n) is 12.3. The quantitative estimate of drug-likeness (QED) is 0.673. The monoisotopic (exact) mass is 341 g/mol. The third-order valence-corrected chi connectivity index (χ3v) is 4.22. The number of carbonyl (C=O) groups is 1. The summed E-state index contributed by atoms with van der Waals surface area (Å²) in [5.74, 6) is -0.703. The van der Waals surface area contributed by atoms with Gasteiger partial charge in [0.1, 0.15) is 0 Å². The summed E-state index contributed by atoms with van der Waals surface area (Å²) in [6.07, 6.45) is 3.05. The molecule has 3 nitrogen and oxygen atoms in total. The van der Waals surface area contributed by atoms with E-state index in [1.54, 1.807) is 0 Å². The number of unbranched alkanes of at least 4 members (excludes halogenated alkanes) is 1. The number of carboxylic acid groups (broad SMARTS) is 1. The molecule has 0 amide bonds. The van der Waals surface area contributed by atoms with E-state index >= 15 is 0 Å². The molecule has 0 fully saturated rings. The van der Waals surface area contributed by atoms with Crippen molar-refractivity contribution < 1.29 is 9.90 Å². The summed E-state index contributed by atoms with van der Waals surface area (Å²) in [6, 6.07) is 8.65. The minimum Gasteiger partial charge on any atom is -0.481 e. The summed E-state index contributed by atoms with van der Waals surface area (Å²) in [5, 5.41) is 8.69. The van der Waals surface area contributed by atoms with Crippen LogP contribution in [-0.2, 0) is 4.79 Å². The first-order chi connectivity index (χ1) is 9.56. The fourth-order valence-electron chi connectivity index (χ4n) is 2.39. The van der Waals surface area contributed by atoms with Crippen molar-refractivity contribution in [2.75, 3.05) is 13.1 Å². The largest absolute Gasteiger partial charge is 0.481 e. The number of hydrogen-bond donors (Lipinski definition) is 1. The molecular formula is C16H24BrNO2. The average Bonchev–Trinajstić information content (AvgIpc) is 2.42. The van der Waals surface area contributed by atoms with Crippen LogP contribution < -0.4 is 0 Å². The van der Waals surface area contributed by atoms with Crippen molar-refractivity contribution >= 4 is 21.9 Å². The van der Waals surface area contributed by atoms with E-state index in [9.17, 15) is 4.79 Å². The van der Waals surface area contributed by atoms with Crippen molar-refractivity contribution in [3.63, 3.8) is 0 Å². The van der Waals surface area contributed by atoms with Gasteiger partial charge in [-0.05, 0) is 50.9 Å². The molecule has 0 saturated carbocycles. The van der Waals surface area contributed by atoms with Crippen LogP contribution in [0.15, 0.2) is 28.7 Å². The molecule has 20 heavy (non-hydrogen) atoms. The van der Waals surface area contributed by atoms with Gasteiger partial charge in [-0.1, -0.05) is 41.1 Å². The fourth-order valence-corrected chi connectivity index (χ4v) is 3.00. The number of aliphatic carboxylic acids is 1. The zero-order valence-corrected chi connectivity index (χ0v) is 13.9. The van der Waals surface area contributed by atoms with Gasteiger partial charge in [-0.25, -0.2) is 0 Å². The molecule has 0 bridgehead atoms. The predicted molar refractivity (Wildman–Crippen MR) is 85.9 cm³/mol. The number of rotatable bonds is 9. The Labute approximate surface area is 130 Å². The first-order valence-corrected chi connectivity index (χ1v) is 8.05. The summed E-state index contributed by atoms with van der Waals surface area (Å²) in [6.45, 7) is 6.38. The Balaban J connectivity index is 2.60. The van der Waals surface area contributed by atoms with E-state index < -0.39 is 5.97 Å². The normalized spacial score (nSPS) is 12.6. The zero-order chi connectivity index (χ0) is 15.0. The Hall–Kier alpha value is -0.870. The Morgan fingerprint density at radius 2 is 2.00 bits per heavy atom. The van der Waals surface area contributed by atoms with Crippen LogP contribution in [0.3, 0.4) is 0 Å². The molecule has 1 unspecified atom stereocenters. The van der Waals surface area contributed by atoms with Gasteiger partial charge >= 0.3 is 5.97 Å². The third kappa shape index (κ3) is 5.63. The van der Waals surface area contributed by atoms with Crippen molar-refractivity contribution in [3.8, 4) is 0 Å². The minimum atomic E-state index is -0.703. The van der Waals surface area contributed by atoms with E-state index in [0.29, 0.717) is 6.04 Å². The SMILES string of the molecule is CCCN(CCCCC(=O)O)C(C)c1ccccc1Br. The number of carboxylic acids is 1. The van der Waals surface area contributed by atoms with E-state index in [2.05, 4.69) is 52.9 Å². The van der Waals surface area contributed by atoms with E-state index in [-0.39, 0.29) is 6.42 Å². The van der Waals surface area contributed by atoms with Gasteiger partial charge in [0.15, 0.2) is 0 Å². The molecule has 1 aromatic rings. The Bertz CT molecular complexity index is 423. The molecular weight excluding hydrogens is 318 g/mol. The van der Waals surface area contributed by atoms with Gasteiger partial charge in [0.2, 0.25) is 0 Å². The van der Waals surface area contributed by atoms with Gasteiger partial charge in [0, 0.05) is 16.9 Å². The highest BCUT2D eigenvalue weighted by atomic mass is 79.9. The van der Waals surface area contributed by atoms with E-state index in [1.165, 1.54) is 5.56 Å². The smallest absolute Gasteiger partial charge is 0.303 e. The third-order valence-electron chi connectivity index (χ3n) is 3.50. The van der Waals surface area contributed by atoms with Gasteiger partial charge in [-0.3, -0.25) is 9.69 Å². The van der Waals surface area contributed by atoms with Crippen LogP contribution in [0.2, 0.25) is 0 Å². The standard InChI is InChI=1S/C16H24BrNO2/c1-3-11-18(12-7-6-10-16(19)20)13(2)14-8-4-5-9-15(14)17/h4-5,8-9,13H,3,6-7,10-12H2,1-2H3,(H,19,20). The molecule has 112 valence electrons. The minimum absolute atomic E-state index is 0.267. The molecule has 1 rings (SSSR count). The summed E-state index contributed by atoms with van der Waals surface area (Å²) >= 11 is 3.61. The van der Waals surface area contributed by atoms with Gasteiger partial charge in [0.05, 0.1) is 0 Å². The van der Waals surface area contributed by atoms with Crippen molar-refractivity contribution in [2.45, 2.75) is 45.6 Å². The lowest BCUT2D eigenvalue weighted by Crippen LogP contribution is -2.29. The van der Waals surface area contributed by atoms with E-state index in [1.807, 2.05) is 6.07 Å². The molecule has 0 aromatic heterocycles. The number of nitrogens with zero attached hydrogens (tertiary/aromatic N) is 1. The molecule has 0 heterocycles. The van der Waals surface area contributed by atoms with Gasteiger partial charge < -0.3 is 5.11 Å². The second-order valence-electron chi connectivity index (χ2n) is 5.08. The summed E-state index contributed by atoms with van der Waals surface area (Å²) in [7, 11) is 0. The summed E-state index contributed by atoms with van der Waals surface area (Å²) in [5.41, 5.74) is 1.29. The number of hydrogen-bond acceptors (Lipinski definition) is 2. The van der Waals surface area contributed by atoms with Crippen molar-refractivity contribution in [1.82, 2.24) is 4.90 Å². The molecule has 0 aliphatic rings. The Morgan fingerprint density at radius 1 is 1.30 bits per heavy atom. The van der Waals surface area contributed by atoms with Crippen LogP contribution in [0.4, 0.5) is 0 Å². The molecule has 1 N–H and O–H groups in total. The van der Waals surface area contributed by atoms with Crippen LogP contribution in [0.1, 0.15) is 51.1 Å². The van der Waals surface area contributed by atoms with Crippen molar-refractivity contribution in [1.29, 1.82) is 0 Å². The van der Waals surface area contributed by atoms with Crippen LogP contribution in [0, 0.1) is 0 Å².